The Labute approximate surface area is 114 Å². The molecule has 4 nitrogen and oxygen atoms in total. The molecular formula is C13H16F3NO3. The van der Waals surface area contributed by atoms with Gasteiger partial charge in [-0.15, -0.1) is 0 Å². The van der Waals surface area contributed by atoms with Crippen LogP contribution in [0, 0.1) is 0 Å². The number of nitrogen functional groups attached to an aromatic ring is 1. The van der Waals surface area contributed by atoms with Crippen molar-refractivity contribution in [3.8, 4) is 5.75 Å². The van der Waals surface area contributed by atoms with E-state index >= 15 is 0 Å². The zero-order valence-electron chi connectivity index (χ0n) is 11.0. The largest absolute Gasteiger partial charge is 0.491 e. The molecule has 0 atom stereocenters. The Balaban J connectivity index is 2.71. The number of anilines is 1. The molecule has 0 amide bonds. The van der Waals surface area contributed by atoms with Gasteiger partial charge >= 0.3 is 12.1 Å². The van der Waals surface area contributed by atoms with E-state index in [0.717, 1.165) is 0 Å². The maximum absolute atomic E-state index is 12.0. The summed E-state index contributed by atoms with van der Waals surface area (Å²) in [7, 11) is 0. The average Bonchev–Trinajstić information content (AvgIpc) is 2.35. The normalized spacial score (nSPS) is 11.2. The number of nitrogens with two attached hydrogens (primary N) is 1. The van der Waals surface area contributed by atoms with Crippen LogP contribution in [0.2, 0.25) is 0 Å². The van der Waals surface area contributed by atoms with Crippen molar-refractivity contribution < 1.29 is 27.4 Å². The summed E-state index contributed by atoms with van der Waals surface area (Å²) in [5.41, 5.74) is 5.96. The number of esters is 1. The third kappa shape index (κ3) is 4.99. The summed E-state index contributed by atoms with van der Waals surface area (Å²) in [5.74, 6) is -0.557. The maximum atomic E-state index is 12.0. The van der Waals surface area contributed by atoms with E-state index in [1.165, 1.54) is 12.1 Å². The third-order valence-electron chi connectivity index (χ3n) is 2.39. The summed E-state index contributed by atoms with van der Waals surface area (Å²) in [4.78, 5) is 11.7. The number of carbonyl (C=O) groups excluding carboxylic acids is 1. The molecule has 0 bridgehead atoms. The Morgan fingerprint density at radius 1 is 1.35 bits per heavy atom. The topological polar surface area (TPSA) is 61.5 Å². The van der Waals surface area contributed by atoms with Crippen LogP contribution in [-0.2, 0) is 4.74 Å². The third-order valence-corrected chi connectivity index (χ3v) is 2.39. The number of alkyl halides is 3. The molecular weight excluding hydrogens is 275 g/mol. The lowest BCUT2D eigenvalue weighted by molar-refractivity contribution is -0.136. The summed E-state index contributed by atoms with van der Waals surface area (Å²) >= 11 is 0. The highest BCUT2D eigenvalue weighted by Gasteiger charge is 2.26. The molecule has 0 aliphatic heterocycles. The molecule has 1 aromatic carbocycles. The second-order valence-electron chi connectivity index (χ2n) is 4.01. The first-order valence-electron chi connectivity index (χ1n) is 6.10. The van der Waals surface area contributed by atoms with Crippen molar-refractivity contribution in [1.82, 2.24) is 0 Å². The molecule has 0 radical (unpaired) electrons. The van der Waals surface area contributed by atoms with Crippen molar-refractivity contribution >= 4 is 11.7 Å². The van der Waals surface area contributed by atoms with Crippen LogP contribution in [-0.4, -0.2) is 25.4 Å². The molecule has 0 spiro atoms. The number of benzene rings is 1. The van der Waals surface area contributed by atoms with Gasteiger partial charge in [-0.2, -0.15) is 13.2 Å². The average molecular weight is 291 g/mol. The van der Waals surface area contributed by atoms with Crippen LogP contribution in [0.4, 0.5) is 18.9 Å². The first kappa shape index (κ1) is 16.1. The molecule has 2 N–H and O–H groups in total. The van der Waals surface area contributed by atoms with Crippen molar-refractivity contribution in [2.45, 2.75) is 25.9 Å². The number of hydrogen-bond donors (Lipinski definition) is 1. The minimum absolute atomic E-state index is 0.0631. The predicted octanol–water partition coefficient (Wildman–Crippen LogP) is 3.17. The lowest BCUT2D eigenvalue weighted by Crippen LogP contribution is -2.12. The summed E-state index contributed by atoms with van der Waals surface area (Å²) in [5, 5.41) is 0. The molecule has 0 aliphatic carbocycles. The van der Waals surface area contributed by atoms with Gasteiger partial charge in [-0.05, 0) is 25.5 Å². The number of carbonyl (C=O) groups is 1. The van der Waals surface area contributed by atoms with E-state index in [4.69, 9.17) is 15.2 Å². The Morgan fingerprint density at radius 3 is 2.65 bits per heavy atom. The van der Waals surface area contributed by atoms with Crippen LogP contribution in [0.15, 0.2) is 18.2 Å². The molecule has 0 unspecified atom stereocenters. The van der Waals surface area contributed by atoms with Crippen LogP contribution in [0.3, 0.4) is 0 Å². The number of hydrogen-bond acceptors (Lipinski definition) is 4. The number of halogens is 3. The van der Waals surface area contributed by atoms with Gasteiger partial charge in [0.1, 0.15) is 5.56 Å². The number of rotatable bonds is 6. The number of para-hydroxylation sites is 1. The van der Waals surface area contributed by atoms with Gasteiger partial charge in [0.2, 0.25) is 0 Å². The van der Waals surface area contributed by atoms with E-state index in [-0.39, 0.29) is 36.6 Å². The molecule has 1 rings (SSSR count). The van der Waals surface area contributed by atoms with Crippen molar-refractivity contribution in [3.63, 3.8) is 0 Å². The van der Waals surface area contributed by atoms with Crippen molar-refractivity contribution in [1.29, 1.82) is 0 Å². The Bertz CT molecular complexity index is 461. The van der Waals surface area contributed by atoms with Crippen LogP contribution in [0.1, 0.15) is 30.1 Å². The van der Waals surface area contributed by atoms with E-state index in [1.54, 1.807) is 13.0 Å². The monoisotopic (exact) mass is 291 g/mol. The fraction of sp³-hybridized carbons (Fsp3) is 0.462. The van der Waals surface area contributed by atoms with Gasteiger partial charge in [0.15, 0.2) is 5.75 Å². The molecule has 0 heterocycles. The van der Waals surface area contributed by atoms with E-state index in [9.17, 15) is 18.0 Å². The quantitative estimate of drug-likeness (QED) is 0.497. The van der Waals surface area contributed by atoms with Crippen LogP contribution in [0.25, 0.3) is 0 Å². The van der Waals surface area contributed by atoms with Gasteiger partial charge in [0, 0.05) is 6.42 Å². The van der Waals surface area contributed by atoms with Gasteiger partial charge in [0.25, 0.3) is 0 Å². The van der Waals surface area contributed by atoms with Crippen LogP contribution >= 0.6 is 0 Å². The SMILES string of the molecule is CCOC(=O)c1cccc(N)c1OCCCC(F)(F)F. The highest BCUT2D eigenvalue weighted by atomic mass is 19.4. The van der Waals surface area contributed by atoms with Gasteiger partial charge in [-0.1, -0.05) is 6.07 Å². The zero-order valence-corrected chi connectivity index (χ0v) is 11.0. The minimum Gasteiger partial charge on any atom is -0.491 e. The van der Waals surface area contributed by atoms with E-state index in [2.05, 4.69) is 0 Å². The van der Waals surface area contributed by atoms with Crippen LogP contribution < -0.4 is 10.5 Å². The first-order valence-corrected chi connectivity index (χ1v) is 6.10. The van der Waals surface area contributed by atoms with E-state index < -0.39 is 18.6 Å². The van der Waals surface area contributed by atoms with Crippen LogP contribution in [0.5, 0.6) is 5.75 Å². The first-order chi connectivity index (χ1) is 9.35. The molecule has 7 heteroatoms. The Morgan fingerprint density at radius 2 is 2.05 bits per heavy atom. The van der Waals surface area contributed by atoms with Crippen molar-refractivity contribution in [2.75, 3.05) is 18.9 Å². The van der Waals surface area contributed by atoms with Gasteiger partial charge in [-0.25, -0.2) is 4.79 Å². The Hall–Kier alpha value is -1.92. The second kappa shape index (κ2) is 7.02. The maximum Gasteiger partial charge on any atom is 0.389 e. The fourth-order valence-electron chi connectivity index (χ4n) is 1.53. The molecule has 112 valence electrons. The van der Waals surface area contributed by atoms with Gasteiger partial charge in [-0.3, -0.25) is 0 Å². The lowest BCUT2D eigenvalue weighted by Gasteiger charge is -2.13. The van der Waals surface area contributed by atoms with Crippen molar-refractivity contribution in [2.24, 2.45) is 0 Å². The summed E-state index contributed by atoms with van der Waals surface area (Å²) in [6.07, 6.45) is -5.38. The molecule has 0 fully saturated rings. The van der Waals surface area contributed by atoms with Crippen molar-refractivity contribution in [3.05, 3.63) is 23.8 Å². The molecule has 0 aliphatic rings. The molecule has 0 aromatic heterocycles. The second-order valence-corrected chi connectivity index (χ2v) is 4.01. The molecule has 0 saturated carbocycles. The summed E-state index contributed by atoms with van der Waals surface area (Å²) < 4.78 is 46.1. The highest BCUT2D eigenvalue weighted by Crippen LogP contribution is 2.28. The van der Waals surface area contributed by atoms with Gasteiger partial charge < -0.3 is 15.2 Å². The lowest BCUT2D eigenvalue weighted by atomic mass is 10.1. The minimum atomic E-state index is -4.23. The summed E-state index contributed by atoms with van der Waals surface area (Å²) in [6, 6.07) is 4.50. The predicted molar refractivity (Wildman–Crippen MR) is 67.6 cm³/mol. The summed E-state index contributed by atoms with van der Waals surface area (Å²) in [6.45, 7) is 1.65. The fourth-order valence-corrected chi connectivity index (χ4v) is 1.53. The standard InChI is InChI=1S/C13H16F3NO3/c1-2-19-12(18)9-5-3-6-10(17)11(9)20-8-4-7-13(14,15)16/h3,5-6H,2,4,7-8,17H2,1H3. The molecule has 1 aromatic rings. The van der Waals surface area contributed by atoms with E-state index in [0.29, 0.717) is 0 Å². The zero-order chi connectivity index (χ0) is 15.2. The number of ether oxygens (including phenoxy) is 2. The smallest absolute Gasteiger partial charge is 0.389 e. The molecule has 20 heavy (non-hydrogen) atoms. The molecule has 0 saturated heterocycles. The Kier molecular flexibility index (Phi) is 5.66. The highest BCUT2D eigenvalue weighted by molar-refractivity contribution is 5.94. The van der Waals surface area contributed by atoms with E-state index in [1.807, 2.05) is 0 Å². The van der Waals surface area contributed by atoms with Gasteiger partial charge in [0.05, 0.1) is 18.9 Å².